The van der Waals surface area contributed by atoms with Crippen LogP contribution in [0.1, 0.15) is 104 Å². The number of esters is 1. The molecule has 0 aromatic rings. The van der Waals surface area contributed by atoms with Gasteiger partial charge in [0.15, 0.2) is 17.2 Å². The second-order valence-electron chi connectivity index (χ2n) is 13.4. The Balaban J connectivity index is 1.53. The maximum Gasteiger partial charge on any atom is 0.350 e. The molecule has 2 saturated carbocycles. The zero-order valence-corrected chi connectivity index (χ0v) is 26.2. The van der Waals surface area contributed by atoms with Crippen LogP contribution in [0, 0.1) is 23.7 Å². The third kappa shape index (κ3) is 6.85. The molecule has 0 bridgehead atoms. The average molecular weight is 590 g/mol. The molecule has 4 fully saturated rings. The summed E-state index contributed by atoms with van der Waals surface area (Å²) >= 11 is 0. The van der Waals surface area contributed by atoms with Gasteiger partial charge in [-0.3, -0.25) is 9.59 Å². The molecule has 7 atom stereocenters. The van der Waals surface area contributed by atoms with E-state index in [-0.39, 0.29) is 43.3 Å². The summed E-state index contributed by atoms with van der Waals surface area (Å²) in [7, 11) is 0. The molecule has 0 aromatic carbocycles. The number of carbonyl (C=O) groups is 3. The van der Waals surface area contributed by atoms with E-state index in [1.807, 2.05) is 6.92 Å². The van der Waals surface area contributed by atoms with E-state index in [0.717, 1.165) is 89.4 Å². The third-order valence-corrected chi connectivity index (χ3v) is 10.3. The molecular weight excluding hydrogens is 534 g/mol. The molecule has 9 heteroatoms. The van der Waals surface area contributed by atoms with Crippen LogP contribution in [-0.2, 0) is 23.9 Å². The smallest absolute Gasteiger partial charge is 0.350 e. The Hall–Kier alpha value is -1.65. The van der Waals surface area contributed by atoms with Crippen LogP contribution in [0.3, 0.4) is 0 Å². The molecule has 0 radical (unpaired) electrons. The van der Waals surface area contributed by atoms with Crippen molar-refractivity contribution in [1.29, 1.82) is 0 Å². The first-order valence-corrected chi connectivity index (χ1v) is 16.7. The fourth-order valence-corrected chi connectivity index (χ4v) is 7.63. The number of hydrogen-bond acceptors (Lipinski definition) is 9. The van der Waals surface area contributed by atoms with Gasteiger partial charge in [0.2, 0.25) is 0 Å². The second-order valence-corrected chi connectivity index (χ2v) is 13.4. The van der Waals surface area contributed by atoms with Gasteiger partial charge in [0.25, 0.3) is 5.60 Å². The molecule has 0 aromatic heterocycles. The van der Waals surface area contributed by atoms with E-state index < -0.39 is 29.0 Å². The number of aliphatic hydroxyl groups is 1. The molecule has 2 aliphatic heterocycles. The number of nitrogens with two attached hydrogens (primary N) is 1. The number of hydrogen-bond donors (Lipinski definition) is 4. The Kier molecular flexibility index (Phi) is 11.8. The van der Waals surface area contributed by atoms with E-state index >= 15 is 0 Å². The number of ether oxygens (including phenoxy) is 2. The fourth-order valence-electron chi connectivity index (χ4n) is 7.63. The van der Waals surface area contributed by atoms with Gasteiger partial charge in [-0.25, -0.2) is 4.79 Å². The number of unbranched alkanes of at least 4 members (excludes halogenated alkanes) is 1. The number of allylic oxidation sites excluding steroid dienone is 1. The Morgan fingerprint density at radius 3 is 2.57 bits per heavy atom. The molecule has 5 N–H and O–H groups in total. The quantitative estimate of drug-likeness (QED) is 0.0698. The topological polar surface area (TPSA) is 143 Å². The minimum Gasteiger partial charge on any atom is -0.463 e. The molecule has 2 aliphatic carbocycles. The number of Topliss-reactive ketones (excluding diaryl/α,β-unsaturated/α-hetero) is 2. The summed E-state index contributed by atoms with van der Waals surface area (Å²) in [6.45, 7) is 8.69. The van der Waals surface area contributed by atoms with Gasteiger partial charge in [0.1, 0.15) is 0 Å². The molecule has 2 saturated heterocycles. The van der Waals surface area contributed by atoms with E-state index in [9.17, 15) is 19.5 Å². The minimum atomic E-state index is -1.89. The largest absolute Gasteiger partial charge is 0.463 e. The molecule has 2 heterocycles. The predicted molar refractivity (Wildman–Crippen MR) is 161 cm³/mol. The van der Waals surface area contributed by atoms with Crippen LogP contribution in [0.25, 0.3) is 0 Å². The number of piperidine rings is 1. The van der Waals surface area contributed by atoms with Crippen molar-refractivity contribution < 1.29 is 29.0 Å². The van der Waals surface area contributed by atoms with Crippen molar-refractivity contribution in [3.8, 4) is 0 Å². The maximum absolute atomic E-state index is 14.1. The number of nitrogens with one attached hydrogen (secondary N) is 2. The van der Waals surface area contributed by atoms with Crippen LogP contribution < -0.4 is 16.4 Å². The Morgan fingerprint density at radius 1 is 1.17 bits per heavy atom. The van der Waals surface area contributed by atoms with Crippen molar-refractivity contribution >= 4 is 17.5 Å². The number of epoxide rings is 1. The highest BCUT2D eigenvalue weighted by atomic mass is 16.7. The van der Waals surface area contributed by atoms with Crippen LogP contribution >= 0.6 is 0 Å². The van der Waals surface area contributed by atoms with Gasteiger partial charge >= 0.3 is 5.97 Å². The van der Waals surface area contributed by atoms with E-state index in [0.29, 0.717) is 24.3 Å². The first-order valence-electron chi connectivity index (χ1n) is 16.7. The number of rotatable bonds is 16. The van der Waals surface area contributed by atoms with Crippen LogP contribution in [0.5, 0.6) is 0 Å². The van der Waals surface area contributed by atoms with Crippen LogP contribution in [0.2, 0.25) is 0 Å². The normalized spacial score (nSPS) is 33.8. The Bertz CT molecular complexity index is 1000. The second kappa shape index (κ2) is 14.9. The highest BCUT2D eigenvalue weighted by Gasteiger charge is 2.87. The van der Waals surface area contributed by atoms with Gasteiger partial charge in [-0.2, -0.15) is 0 Å². The minimum absolute atomic E-state index is 0.00837. The summed E-state index contributed by atoms with van der Waals surface area (Å²) in [6, 6.07) is 0. The summed E-state index contributed by atoms with van der Waals surface area (Å²) in [4.78, 5) is 42.1. The molecule has 238 valence electrons. The lowest BCUT2D eigenvalue weighted by molar-refractivity contribution is -0.159. The fraction of sp³-hybridized carbons (Fsp3) is 0.848. The highest BCUT2D eigenvalue weighted by Crippen LogP contribution is 2.62. The van der Waals surface area contributed by atoms with Crippen molar-refractivity contribution in [2.24, 2.45) is 29.4 Å². The molecule has 4 aliphatic rings. The molecule has 0 spiro atoms. The van der Waals surface area contributed by atoms with Gasteiger partial charge in [-0.1, -0.05) is 45.1 Å². The van der Waals surface area contributed by atoms with Gasteiger partial charge in [-0.15, -0.1) is 0 Å². The Morgan fingerprint density at radius 2 is 1.90 bits per heavy atom. The zero-order valence-electron chi connectivity index (χ0n) is 26.2. The standard InChI is InChI=1S/C33H55N3O6/c1-4-6-9-24(19-35-15-5-2)21-41-31(40)33-30(39)27-11-8-7-10-26(27)29(38)32(33,42-33)18-25(20-37)22(3)12-13-23-14-16-36-28(34)17-23/h23-24,26-28,35-37H,4-21,34H2,1-3H3/t23?,24-,26?,27?,28?,32+,33+/m1/s1. The lowest BCUT2D eigenvalue weighted by atomic mass is 9.60. The summed E-state index contributed by atoms with van der Waals surface area (Å²) in [5.74, 6) is -1.47. The van der Waals surface area contributed by atoms with Crippen molar-refractivity contribution in [3.05, 3.63) is 11.1 Å². The Labute approximate surface area is 252 Å². The van der Waals surface area contributed by atoms with E-state index in [1.165, 1.54) is 0 Å². The summed E-state index contributed by atoms with van der Waals surface area (Å²) in [6.07, 6.45) is 10.7. The molecular formula is C33H55N3O6. The van der Waals surface area contributed by atoms with Crippen LogP contribution in [0.15, 0.2) is 11.1 Å². The maximum atomic E-state index is 14.1. The monoisotopic (exact) mass is 589 g/mol. The molecule has 4 rings (SSSR count). The van der Waals surface area contributed by atoms with Crippen LogP contribution in [0.4, 0.5) is 0 Å². The molecule has 4 unspecified atom stereocenters. The summed E-state index contributed by atoms with van der Waals surface area (Å²) in [5, 5.41) is 17.1. The third-order valence-electron chi connectivity index (χ3n) is 10.3. The van der Waals surface area contributed by atoms with Crippen molar-refractivity contribution in [3.63, 3.8) is 0 Å². The lowest BCUT2D eigenvalue weighted by Gasteiger charge is -2.37. The number of aliphatic hydroxyl groups excluding tert-OH is 1. The van der Waals surface area contributed by atoms with E-state index in [1.54, 1.807) is 0 Å². The number of ketones is 2. The van der Waals surface area contributed by atoms with Gasteiger partial charge in [-0.05, 0) is 82.9 Å². The SMILES string of the molecule is CCCC[C@H](CNCCC)COC(=O)[C@]12O[C@@]1(CC(CO)=C(C)CCC1CCNC(N)C1)C(=O)C1CCCCC1C2=O. The molecule has 9 nitrogen and oxygen atoms in total. The van der Waals surface area contributed by atoms with Crippen molar-refractivity contribution in [2.45, 2.75) is 122 Å². The first-order chi connectivity index (χ1) is 20.2. The summed E-state index contributed by atoms with van der Waals surface area (Å²) < 4.78 is 12.1. The summed E-state index contributed by atoms with van der Waals surface area (Å²) in [5.41, 5.74) is 4.30. The van der Waals surface area contributed by atoms with Crippen molar-refractivity contribution in [1.82, 2.24) is 10.6 Å². The molecule has 42 heavy (non-hydrogen) atoms. The molecule has 0 amide bonds. The van der Waals surface area contributed by atoms with Gasteiger partial charge in [0.05, 0.1) is 19.4 Å². The van der Waals surface area contributed by atoms with Gasteiger partial charge in [0, 0.05) is 30.7 Å². The number of carbonyl (C=O) groups excluding carboxylic acids is 3. The predicted octanol–water partition coefficient (Wildman–Crippen LogP) is 3.57. The first kappa shape index (κ1) is 33.2. The van der Waals surface area contributed by atoms with Gasteiger partial charge < -0.3 is 30.9 Å². The van der Waals surface area contributed by atoms with E-state index in [2.05, 4.69) is 24.5 Å². The van der Waals surface area contributed by atoms with Crippen LogP contribution in [-0.4, -0.2) is 72.9 Å². The van der Waals surface area contributed by atoms with Crippen molar-refractivity contribution in [2.75, 3.05) is 32.8 Å². The van der Waals surface area contributed by atoms with E-state index in [4.69, 9.17) is 15.2 Å². The lowest BCUT2D eigenvalue weighted by Crippen LogP contribution is -2.58. The highest BCUT2D eigenvalue weighted by molar-refractivity contribution is 6.23. The average Bonchev–Trinajstić information content (AvgIpc) is 3.70. The zero-order chi connectivity index (χ0) is 30.3. The number of fused-ring (bicyclic) bond motifs is 2.